The van der Waals surface area contributed by atoms with Crippen LogP contribution in [0.4, 0.5) is 11.4 Å². The molecule has 0 fully saturated rings. The Morgan fingerprint density at radius 2 is 1.62 bits per heavy atom. The minimum atomic E-state index is -1.17. The van der Waals surface area contributed by atoms with Gasteiger partial charge in [-0.25, -0.2) is 4.79 Å². The Morgan fingerprint density at radius 1 is 0.925 bits per heavy atom. The maximum Gasteiger partial charge on any atom is 0.337 e. The van der Waals surface area contributed by atoms with Crippen molar-refractivity contribution in [1.82, 2.24) is 0 Å². The van der Waals surface area contributed by atoms with Crippen molar-refractivity contribution in [2.45, 2.75) is 12.6 Å². The van der Waals surface area contributed by atoms with E-state index >= 15 is 0 Å². The first kappa shape index (κ1) is 27.5. The van der Waals surface area contributed by atoms with Crippen molar-refractivity contribution in [2.75, 3.05) is 17.7 Å². The number of para-hydroxylation sites is 1. The van der Waals surface area contributed by atoms with Crippen LogP contribution in [0, 0.1) is 0 Å². The zero-order valence-corrected chi connectivity index (χ0v) is 21.6. The van der Waals surface area contributed by atoms with Gasteiger partial charge in [0, 0.05) is 11.3 Å². The van der Waals surface area contributed by atoms with Gasteiger partial charge in [-0.15, -0.1) is 0 Å². The molecule has 204 valence electrons. The maximum absolute atomic E-state index is 13.6. The molecule has 4 rings (SSSR count). The van der Waals surface area contributed by atoms with Gasteiger partial charge >= 0.3 is 5.97 Å². The molecule has 0 aromatic heterocycles. The van der Waals surface area contributed by atoms with Crippen LogP contribution in [0.3, 0.4) is 0 Å². The van der Waals surface area contributed by atoms with Crippen LogP contribution < -0.4 is 25.8 Å². The summed E-state index contributed by atoms with van der Waals surface area (Å²) in [4.78, 5) is 25.3. The molecule has 1 atom stereocenters. The number of methoxy groups -OCH3 is 1. The molecule has 6 N–H and O–H groups in total. The van der Waals surface area contributed by atoms with E-state index in [4.69, 9.17) is 20.4 Å². The van der Waals surface area contributed by atoms with Crippen molar-refractivity contribution in [3.8, 4) is 11.5 Å². The Morgan fingerprint density at radius 3 is 2.30 bits per heavy atom. The summed E-state index contributed by atoms with van der Waals surface area (Å²) >= 11 is 0. The van der Waals surface area contributed by atoms with E-state index in [0.29, 0.717) is 34.9 Å². The molecule has 40 heavy (non-hydrogen) atoms. The first-order valence-corrected chi connectivity index (χ1v) is 12.2. The van der Waals surface area contributed by atoms with E-state index in [2.05, 4.69) is 15.8 Å². The fourth-order valence-electron chi connectivity index (χ4n) is 3.96. The van der Waals surface area contributed by atoms with Crippen LogP contribution >= 0.6 is 0 Å². The van der Waals surface area contributed by atoms with Crippen LogP contribution in [0.1, 0.15) is 33.1 Å². The van der Waals surface area contributed by atoms with Crippen molar-refractivity contribution in [3.05, 3.63) is 119 Å². The molecule has 1 amide bonds. The van der Waals surface area contributed by atoms with Gasteiger partial charge in [-0.2, -0.15) is 0 Å². The van der Waals surface area contributed by atoms with Gasteiger partial charge < -0.3 is 36.2 Å². The number of carboxylic acid groups (broad SMARTS) is 1. The molecule has 0 heterocycles. The number of oxime groups is 1. The molecule has 10 nitrogen and oxygen atoms in total. The smallest absolute Gasteiger partial charge is 0.337 e. The summed E-state index contributed by atoms with van der Waals surface area (Å²) in [5.74, 6) is -0.813. The van der Waals surface area contributed by atoms with E-state index in [1.54, 1.807) is 54.6 Å². The number of carboxylic acids is 1. The lowest BCUT2D eigenvalue weighted by Crippen LogP contribution is -2.28. The number of hydrogen-bond acceptors (Lipinski definition) is 7. The largest absolute Gasteiger partial charge is 0.493 e. The zero-order valence-electron chi connectivity index (χ0n) is 21.6. The lowest BCUT2D eigenvalue weighted by Gasteiger charge is -2.22. The Balaban J connectivity index is 1.65. The molecule has 0 saturated carbocycles. The fraction of sp³-hybridized carbons (Fsp3) is 0.100. The molecule has 0 aliphatic carbocycles. The third-order valence-electron chi connectivity index (χ3n) is 6.04. The van der Waals surface area contributed by atoms with Crippen LogP contribution in [-0.4, -0.2) is 35.1 Å². The van der Waals surface area contributed by atoms with Crippen LogP contribution in [0.25, 0.3) is 0 Å². The number of ether oxygens (including phenoxy) is 2. The van der Waals surface area contributed by atoms with Crippen molar-refractivity contribution >= 4 is 29.1 Å². The van der Waals surface area contributed by atoms with Gasteiger partial charge in [0.25, 0.3) is 5.91 Å². The fourth-order valence-corrected chi connectivity index (χ4v) is 3.96. The van der Waals surface area contributed by atoms with Crippen molar-refractivity contribution in [1.29, 1.82) is 0 Å². The van der Waals surface area contributed by atoms with E-state index in [-0.39, 0.29) is 17.1 Å². The van der Waals surface area contributed by atoms with Gasteiger partial charge in [-0.05, 0) is 59.7 Å². The van der Waals surface area contributed by atoms with Gasteiger partial charge in [0.05, 0.1) is 18.4 Å². The molecule has 0 saturated heterocycles. The van der Waals surface area contributed by atoms with Crippen molar-refractivity contribution in [3.63, 3.8) is 0 Å². The molecular weight excluding hydrogens is 512 g/mol. The Bertz CT molecular complexity index is 1510. The number of nitrogens with two attached hydrogens (primary N) is 1. The first-order chi connectivity index (χ1) is 19.4. The third-order valence-corrected chi connectivity index (χ3v) is 6.04. The van der Waals surface area contributed by atoms with E-state index in [9.17, 15) is 14.7 Å². The highest BCUT2D eigenvalue weighted by atomic mass is 16.5. The number of nitrogens with zero attached hydrogens (tertiary/aromatic N) is 1. The van der Waals surface area contributed by atoms with Gasteiger partial charge in [-0.1, -0.05) is 53.7 Å². The molecular formula is C30H28N4O6. The van der Waals surface area contributed by atoms with E-state index < -0.39 is 17.9 Å². The number of carbonyl (C=O) groups excluding carboxylic acids is 1. The first-order valence-electron chi connectivity index (χ1n) is 12.2. The lowest BCUT2D eigenvalue weighted by atomic mass is 10.0. The number of benzene rings is 4. The van der Waals surface area contributed by atoms with Crippen molar-refractivity contribution in [2.24, 2.45) is 10.9 Å². The minimum absolute atomic E-state index is 0.0417. The molecule has 0 aliphatic rings. The quantitative estimate of drug-likeness (QED) is 0.0782. The normalized spacial score (nSPS) is 11.8. The lowest BCUT2D eigenvalue weighted by molar-refractivity contribution is -0.117. The van der Waals surface area contributed by atoms with Gasteiger partial charge in [0.15, 0.2) is 17.3 Å². The molecule has 10 heteroatoms. The van der Waals surface area contributed by atoms with E-state index in [0.717, 1.165) is 5.56 Å². The second-order valence-electron chi connectivity index (χ2n) is 8.66. The molecule has 0 spiro atoms. The summed E-state index contributed by atoms with van der Waals surface area (Å²) in [6.07, 6.45) is 0. The minimum Gasteiger partial charge on any atom is -0.493 e. The molecule has 4 aromatic rings. The molecule has 0 bridgehead atoms. The summed E-state index contributed by atoms with van der Waals surface area (Å²) in [5.41, 5.74) is 8.35. The van der Waals surface area contributed by atoms with E-state index in [1.165, 1.54) is 19.2 Å². The second kappa shape index (κ2) is 12.8. The highest BCUT2D eigenvalue weighted by molar-refractivity contribution is 6.03. The summed E-state index contributed by atoms with van der Waals surface area (Å²) in [5, 5.41) is 27.4. The molecule has 0 radical (unpaired) electrons. The topological polar surface area (TPSA) is 155 Å². The van der Waals surface area contributed by atoms with E-state index in [1.807, 2.05) is 30.3 Å². The molecule has 0 aliphatic heterocycles. The number of rotatable bonds is 11. The monoisotopic (exact) mass is 540 g/mol. The zero-order chi connectivity index (χ0) is 28.5. The van der Waals surface area contributed by atoms with Gasteiger partial charge in [-0.3, -0.25) is 4.79 Å². The number of amides is 1. The van der Waals surface area contributed by atoms with Crippen LogP contribution in [-0.2, 0) is 11.4 Å². The number of carbonyl (C=O) groups is 2. The Labute approximate surface area is 230 Å². The van der Waals surface area contributed by atoms with Gasteiger partial charge in [0.1, 0.15) is 12.6 Å². The number of nitrogens with one attached hydrogen (secondary N) is 2. The summed E-state index contributed by atoms with van der Waals surface area (Å²) in [6, 6.07) is 26.6. The van der Waals surface area contributed by atoms with Crippen molar-refractivity contribution < 1.29 is 29.4 Å². The van der Waals surface area contributed by atoms with Crippen LogP contribution in [0.5, 0.6) is 11.5 Å². The Kier molecular flexibility index (Phi) is 8.83. The second-order valence-corrected chi connectivity index (χ2v) is 8.66. The summed E-state index contributed by atoms with van der Waals surface area (Å²) < 4.78 is 11.5. The standard InChI is InChI=1S/C30H28N4O6/c1-39-26-17-21(13-16-25(26)40-18-19-7-3-2-4-8-19)27(32-22-14-11-20(12-15-22)28(31)34-38)29(35)33-24-10-6-5-9-23(24)30(36)37/h2-17,27,32,38H,18H2,1H3,(H2,31,34)(H,33,35)(H,36,37). The predicted molar refractivity (Wildman–Crippen MR) is 151 cm³/mol. The van der Waals surface area contributed by atoms with Crippen LogP contribution in [0.2, 0.25) is 0 Å². The highest BCUT2D eigenvalue weighted by Crippen LogP contribution is 2.33. The third kappa shape index (κ3) is 6.67. The average Bonchev–Trinajstić information content (AvgIpc) is 2.99. The predicted octanol–water partition coefficient (Wildman–Crippen LogP) is 4.86. The van der Waals surface area contributed by atoms with Crippen LogP contribution in [0.15, 0.2) is 102 Å². The van der Waals surface area contributed by atoms with Gasteiger partial charge in [0.2, 0.25) is 0 Å². The maximum atomic E-state index is 13.6. The molecule has 1 unspecified atom stereocenters. The number of amidine groups is 1. The summed E-state index contributed by atoms with van der Waals surface area (Å²) in [7, 11) is 1.51. The SMILES string of the molecule is COc1cc(C(Nc2ccc(/C(N)=N/O)cc2)C(=O)Nc2ccccc2C(=O)O)ccc1OCc1ccccc1. The molecule has 4 aromatic carbocycles. The average molecular weight is 541 g/mol. The Hall–Kier alpha value is -5.51. The highest BCUT2D eigenvalue weighted by Gasteiger charge is 2.24. The number of aromatic carboxylic acids is 1. The number of anilines is 2. The summed E-state index contributed by atoms with van der Waals surface area (Å²) in [6.45, 7) is 0.331. The number of hydrogen-bond donors (Lipinski definition) is 5.